The molecule has 0 unspecified atom stereocenters. The number of ether oxygens (including phenoxy) is 2. The predicted octanol–water partition coefficient (Wildman–Crippen LogP) is 2.72. The van der Waals surface area contributed by atoms with E-state index < -0.39 is 23.9 Å². The van der Waals surface area contributed by atoms with Crippen LogP contribution in [0.15, 0.2) is 24.3 Å². The van der Waals surface area contributed by atoms with Crippen molar-refractivity contribution < 1.29 is 38.9 Å². The monoisotopic (exact) mass is 372 g/mol. The van der Waals surface area contributed by atoms with E-state index in [1.807, 2.05) is 0 Å². The second kappa shape index (κ2) is 18.7. The molecule has 0 saturated carbocycles. The summed E-state index contributed by atoms with van der Waals surface area (Å²) in [7, 11) is 0. The van der Waals surface area contributed by atoms with Crippen LogP contribution in [-0.4, -0.2) is 47.3 Å². The lowest BCUT2D eigenvalue weighted by molar-refractivity contribution is -0.139. The number of unbranched alkanes of at least 4 members (excludes halogenated alkanes) is 5. The summed E-state index contributed by atoms with van der Waals surface area (Å²) in [4.78, 5) is 41.2. The molecule has 0 spiro atoms. The van der Waals surface area contributed by atoms with Crippen molar-refractivity contribution in [3.63, 3.8) is 0 Å². The zero-order valence-electron chi connectivity index (χ0n) is 15.3. The molecule has 0 bridgehead atoms. The molecular weight excluding hydrogens is 344 g/mol. The van der Waals surface area contributed by atoms with Gasteiger partial charge in [-0.3, -0.25) is 0 Å². The third-order valence-electron chi connectivity index (χ3n) is 2.75. The molecule has 0 aliphatic rings. The second-order valence-electron chi connectivity index (χ2n) is 5.03. The van der Waals surface area contributed by atoms with Gasteiger partial charge in [-0.05, 0) is 13.3 Å². The standard InChI is InChI=1S/C12H20O4.C6H8O4/c1-2-3-4-5-6-7-10-16-12(15)9-8-11(13)14;1-2-10-6(9)4-3-5(7)8/h8-9H,2-7,10H2,1H3,(H,13,14);3-4H,2H2,1H3,(H,7,8). The van der Waals surface area contributed by atoms with Gasteiger partial charge in [0.25, 0.3) is 0 Å². The Morgan fingerprint density at radius 2 is 1.15 bits per heavy atom. The van der Waals surface area contributed by atoms with E-state index in [-0.39, 0.29) is 6.61 Å². The molecule has 0 aromatic carbocycles. The molecule has 26 heavy (non-hydrogen) atoms. The van der Waals surface area contributed by atoms with Gasteiger partial charge in [-0.15, -0.1) is 0 Å². The summed E-state index contributed by atoms with van der Waals surface area (Å²) in [6, 6.07) is 0. The van der Waals surface area contributed by atoms with Crippen LogP contribution in [0.3, 0.4) is 0 Å². The van der Waals surface area contributed by atoms with E-state index in [4.69, 9.17) is 14.9 Å². The van der Waals surface area contributed by atoms with E-state index in [9.17, 15) is 19.2 Å². The number of carbonyl (C=O) groups is 4. The SMILES string of the molecule is CCCCCCCCOC(=O)C=CC(=O)O.CCOC(=O)C=CC(=O)O. The van der Waals surface area contributed by atoms with Crippen LogP contribution in [0, 0.1) is 0 Å². The Morgan fingerprint density at radius 1 is 0.692 bits per heavy atom. The van der Waals surface area contributed by atoms with Crippen LogP contribution < -0.4 is 0 Å². The number of carboxylic acids is 2. The summed E-state index contributed by atoms with van der Waals surface area (Å²) in [5, 5.41) is 16.3. The first-order valence-corrected chi connectivity index (χ1v) is 8.48. The topological polar surface area (TPSA) is 127 Å². The zero-order chi connectivity index (χ0) is 20.2. The summed E-state index contributed by atoms with van der Waals surface area (Å²) in [5.41, 5.74) is 0. The summed E-state index contributed by atoms with van der Waals surface area (Å²) >= 11 is 0. The zero-order valence-corrected chi connectivity index (χ0v) is 15.3. The number of hydrogen-bond donors (Lipinski definition) is 2. The van der Waals surface area contributed by atoms with E-state index in [1.165, 1.54) is 19.3 Å². The van der Waals surface area contributed by atoms with Gasteiger partial charge in [-0.25, -0.2) is 19.2 Å². The lowest BCUT2D eigenvalue weighted by atomic mass is 10.1. The second-order valence-corrected chi connectivity index (χ2v) is 5.03. The average molecular weight is 372 g/mol. The van der Waals surface area contributed by atoms with Crippen LogP contribution in [0.1, 0.15) is 52.4 Å². The maximum absolute atomic E-state index is 10.9. The smallest absolute Gasteiger partial charge is 0.331 e. The average Bonchev–Trinajstić information content (AvgIpc) is 2.58. The third kappa shape index (κ3) is 23.6. The van der Waals surface area contributed by atoms with Crippen LogP contribution in [0.4, 0.5) is 0 Å². The molecule has 0 atom stereocenters. The van der Waals surface area contributed by atoms with Gasteiger partial charge in [0.2, 0.25) is 0 Å². The highest BCUT2D eigenvalue weighted by atomic mass is 16.5. The molecular formula is C18H28O8. The molecule has 0 radical (unpaired) electrons. The van der Waals surface area contributed by atoms with Gasteiger partial charge in [-0.2, -0.15) is 0 Å². The van der Waals surface area contributed by atoms with E-state index in [1.54, 1.807) is 6.92 Å². The lowest BCUT2D eigenvalue weighted by Gasteiger charge is -2.01. The molecule has 0 aliphatic heterocycles. The van der Waals surface area contributed by atoms with Gasteiger partial charge in [0, 0.05) is 24.3 Å². The molecule has 0 rings (SSSR count). The van der Waals surface area contributed by atoms with Gasteiger partial charge in [0.1, 0.15) is 0 Å². The number of rotatable bonds is 12. The Bertz CT molecular complexity index is 480. The van der Waals surface area contributed by atoms with Gasteiger partial charge < -0.3 is 19.7 Å². The summed E-state index contributed by atoms with van der Waals surface area (Å²) < 4.78 is 9.21. The first kappa shape index (κ1) is 25.6. The highest BCUT2D eigenvalue weighted by molar-refractivity contribution is 5.91. The molecule has 148 valence electrons. The third-order valence-corrected chi connectivity index (χ3v) is 2.75. The first-order chi connectivity index (χ1) is 12.3. The molecule has 0 amide bonds. The normalized spacial score (nSPS) is 10.2. The van der Waals surface area contributed by atoms with Gasteiger partial charge >= 0.3 is 23.9 Å². The predicted molar refractivity (Wildman–Crippen MR) is 94.5 cm³/mol. The fourth-order valence-electron chi connectivity index (χ4n) is 1.57. The quantitative estimate of drug-likeness (QED) is 0.304. The highest BCUT2D eigenvalue weighted by Gasteiger charge is 1.98. The molecule has 8 nitrogen and oxygen atoms in total. The van der Waals surface area contributed by atoms with Crippen molar-refractivity contribution >= 4 is 23.9 Å². The fraction of sp³-hybridized carbons (Fsp3) is 0.556. The Kier molecular flexibility index (Phi) is 18.4. The van der Waals surface area contributed by atoms with Crippen LogP contribution >= 0.6 is 0 Å². The largest absolute Gasteiger partial charge is 0.478 e. The molecule has 0 heterocycles. The molecule has 0 aromatic heterocycles. The van der Waals surface area contributed by atoms with Crippen LogP contribution in [0.2, 0.25) is 0 Å². The van der Waals surface area contributed by atoms with E-state index in [2.05, 4.69) is 11.7 Å². The number of hydrogen-bond acceptors (Lipinski definition) is 6. The number of carboxylic acid groups (broad SMARTS) is 2. The van der Waals surface area contributed by atoms with E-state index in [0.717, 1.165) is 43.6 Å². The van der Waals surface area contributed by atoms with Crippen molar-refractivity contribution in [1.29, 1.82) is 0 Å². The first-order valence-electron chi connectivity index (χ1n) is 8.48. The Balaban J connectivity index is 0. The van der Waals surface area contributed by atoms with Gasteiger partial charge in [-0.1, -0.05) is 39.0 Å². The molecule has 0 aromatic rings. The molecule has 2 N–H and O–H groups in total. The van der Waals surface area contributed by atoms with Crippen molar-refractivity contribution in [3.05, 3.63) is 24.3 Å². The Labute approximate surface area is 153 Å². The number of aliphatic carboxylic acids is 2. The van der Waals surface area contributed by atoms with Crippen molar-refractivity contribution in [1.82, 2.24) is 0 Å². The van der Waals surface area contributed by atoms with E-state index in [0.29, 0.717) is 6.61 Å². The van der Waals surface area contributed by atoms with E-state index >= 15 is 0 Å². The molecule has 0 saturated heterocycles. The minimum Gasteiger partial charge on any atom is -0.478 e. The minimum absolute atomic E-state index is 0.253. The van der Waals surface area contributed by atoms with Crippen molar-refractivity contribution in [3.8, 4) is 0 Å². The molecule has 0 fully saturated rings. The maximum atomic E-state index is 10.9. The summed E-state index contributed by atoms with van der Waals surface area (Å²) in [6.07, 6.45) is 10.1. The Morgan fingerprint density at radius 3 is 1.62 bits per heavy atom. The van der Waals surface area contributed by atoms with Crippen LogP contribution in [0.25, 0.3) is 0 Å². The van der Waals surface area contributed by atoms with Crippen molar-refractivity contribution in [2.24, 2.45) is 0 Å². The lowest BCUT2D eigenvalue weighted by Crippen LogP contribution is -2.03. The number of carbonyl (C=O) groups excluding carboxylic acids is 2. The highest BCUT2D eigenvalue weighted by Crippen LogP contribution is 2.04. The van der Waals surface area contributed by atoms with Crippen molar-refractivity contribution in [2.75, 3.05) is 13.2 Å². The minimum atomic E-state index is -1.16. The van der Waals surface area contributed by atoms with Crippen LogP contribution in [-0.2, 0) is 28.7 Å². The summed E-state index contributed by atoms with van der Waals surface area (Å²) in [6.45, 7) is 4.43. The molecule has 0 aliphatic carbocycles. The molecule has 8 heteroatoms. The van der Waals surface area contributed by atoms with Crippen molar-refractivity contribution in [2.45, 2.75) is 52.4 Å². The fourth-order valence-corrected chi connectivity index (χ4v) is 1.57. The van der Waals surface area contributed by atoms with Gasteiger partial charge in [0.05, 0.1) is 13.2 Å². The van der Waals surface area contributed by atoms with Gasteiger partial charge in [0.15, 0.2) is 0 Å². The Hall–Kier alpha value is -2.64. The summed E-state index contributed by atoms with van der Waals surface area (Å²) in [5.74, 6) is -3.52. The van der Waals surface area contributed by atoms with Crippen LogP contribution in [0.5, 0.6) is 0 Å². The number of esters is 2. The maximum Gasteiger partial charge on any atom is 0.331 e.